The number of aliphatic carboxylic acids is 1. The van der Waals surface area contributed by atoms with Crippen LogP contribution >= 0.6 is 0 Å². The van der Waals surface area contributed by atoms with Gasteiger partial charge in [0.15, 0.2) is 0 Å². The van der Waals surface area contributed by atoms with Crippen molar-refractivity contribution in [1.29, 1.82) is 0 Å². The van der Waals surface area contributed by atoms with Crippen molar-refractivity contribution in [2.24, 2.45) is 17.8 Å². The summed E-state index contributed by atoms with van der Waals surface area (Å²) < 4.78 is 5.01. The summed E-state index contributed by atoms with van der Waals surface area (Å²) in [5, 5.41) is 11.6. The van der Waals surface area contributed by atoms with Crippen molar-refractivity contribution in [3.8, 4) is 0 Å². The average molecular weight is 257 g/mol. The molecule has 1 amide bonds. The lowest BCUT2D eigenvalue weighted by Gasteiger charge is -2.26. The Labute approximate surface area is 108 Å². The molecule has 0 aromatic heterocycles. The fraction of sp³-hybridized carbons (Fsp3) is 0.846. The molecule has 0 unspecified atom stereocenters. The molecule has 1 aliphatic rings. The second kappa shape index (κ2) is 7.24. The number of amides is 1. The molecule has 0 radical (unpaired) electrons. The SMILES string of the molecule is CC(C)COC(=O)NCC1CCC(C(=O)O)CC1. The number of ether oxygens (including phenoxy) is 1. The maximum absolute atomic E-state index is 11.3. The lowest BCUT2D eigenvalue weighted by atomic mass is 9.82. The van der Waals surface area contributed by atoms with Crippen molar-refractivity contribution in [2.75, 3.05) is 13.2 Å². The molecule has 0 heterocycles. The van der Waals surface area contributed by atoms with E-state index in [1.54, 1.807) is 0 Å². The van der Waals surface area contributed by atoms with E-state index in [9.17, 15) is 9.59 Å². The van der Waals surface area contributed by atoms with E-state index in [1.807, 2.05) is 13.8 Å². The van der Waals surface area contributed by atoms with Crippen molar-refractivity contribution in [1.82, 2.24) is 5.32 Å². The number of alkyl carbamates (subject to hydrolysis) is 1. The summed E-state index contributed by atoms with van der Waals surface area (Å²) in [5.41, 5.74) is 0. The Balaban J connectivity index is 2.14. The van der Waals surface area contributed by atoms with E-state index >= 15 is 0 Å². The van der Waals surface area contributed by atoms with Gasteiger partial charge in [-0.3, -0.25) is 4.79 Å². The van der Waals surface area contributed by atoms with Crippen LogP contribution in [-0.2, 0) is 9.53 Å². The number of carboxylic acids is 1. The Bertz CT molecular complexity index is 283. The smallest absolute Gasteiger partial charge is 0.407 e. The number of rotatable bonds is 5. The fourth-order valence-electron chi connectivity index (χ4n) is 2.13. The van der Waals surface area contributed by atoms with Crippen LogP contribution in [0.15, 0.2) is 0 Å². The molecule has 1 saturated carbocycles. The summed E-state index contributed by atoms with van der Waals surface area (Å²) in [4.78, 5) is 22.1. The summed E-state index contributed by atoms with van der Waals surface area (Å²) in [6.07, 6.45) is 2.78. The molecule has 0 spiro atoms. The van der Waals surface area contributed by atoms with Crippen LogP contribution in [0, 0.1) is 17.8 Å². The number of nitrogens with one attached hydrogen (secondary N) is 1. The van der Waals surface area contributed by atoms with Crippen molar-refractivity contribution >= 4 is 12.1 Å². The third kappa shape index (κ3) is 5.38. The normalized spacial score (nSPS) is 23.7. The van der Waals surface area contributed by atoms with Gasteiger partial charge in [0.2, 0.25) is 0 Å². The molecular weight excluding hydrogens is 234 g/mol. The van der Waals surface area contributed by atoms with E-state index < -0.39 is 5.97 Å². The molecule has 1 aliphatic carbocycles. The van der Waals surface area contributed by atoms with Crippen molar-refractivity contribution in [2.45, 2.75) is 39.5 Å². The summed E-state index contributed by atoms with van der Waals surface area (Å²) in [6.45, 7) is 4.99. The Morgan fingerprint density at radius 2 is 1.89 bits per heavy atom. The predicted octanol–water partition coefficient (Wildman–Crippen LogP) is 2.26. The van der Waals surface area contributed by atoms with Crippen LogP contribution < -0.4 is 5.32 Å². The molecule has 5 nitrogen and oxygen atoms in total. The zero-order valence-electron chi connectivity index (χ0n) is 11.1. The van der Waals surface area contributed by atoms with Gasteiger partial charge in [-0.1, -0.05) is 13.8 Å². The number of carbonyl (C=O) groups is 2. The van der Waals surface area contributed by atoms with E-state index in [2.05, 4.69) is 5.32 Å². The molecule has 0 aliphatic heterocycles. The standard InChI is InChI=1S/C13H23NO4/c1-9(2)8-18-13(17)14-7-10-3-5-11(6-4-10)12(15)16/h9-11H,3-8H2,1-2H3,(H,14,17)(H,15,16). The third-order valence-corrected chi connectivity index (χ3v) is 3.28. The van der Waals surface area contributed by atoms with Gasteiger partial charge in [-0.05, 0) is 37.5 Å². The van der Waals surface area contributed by atoms with Crippen LogP contribution in [0.25, 0.3) is 0 Å². The topological polar surface area (TPSA) is 75.6 Å². The number of carbonyl (C=O) groups excluding carboxylic acids is 1. The third-order valence-electron chi connectivity index (χ3n) is 3.28. The molecular formula is C13H23NO4. The minimum absolute atomic E-state index is 0.200. The molecule has 0 aromatic rings. The Morgan fingerprint density at radius 3 is 2.39 bits per heavy atom. The first kappa shape index (κ1) is 14.8. The minimum Gasteiger partial charge on any atom is -0.481 e. The summed E-state index contributed by atoms with van der Waals surface area (Å²) in [5.74, 6) is -0.180. The highest BCUT2D eigenvalue weighted by Gasteiger charge is 2.26. The highest BCUT2D eigenvalue weighted by molar-refractivity contribution is 5.70. The zero-order chi connectivity index (χ0) is 13.5. The minimum atomic E-state index is -0.697. The van der Waals surface area contributed by atoms with Crippen LogP contribution in [0.3, 0.4) is 0 Å². The molecule has 1 rings (SSSR count). The molecule has 0 atom stereocenters. The van der Waals surface area contributed by atoms with Crippen LogP contribution in [-0.4, -0.2) is 30.3 Å². The Morgan fingerprint density at radius 1 is 1.28 bits per heavy atom. The predicted molar refractivity (Wildman–Crippen MR) is 67.3 cm³/mol. The van der Waals surface area contributed by atoms with Gasteiger partial charge in [-0.25, -0.2) is 4.79 Å². The quantitative estimate of drug-likeness (QED) is 0.792. The van der Waals surface area contributed by atoms with Crippen LogP contribution in [0.2, 0.25) is 0 Å². The molecule has 104 valence electrons. The molecule has 0 saturated heterocycles. The first-order valence-electron chi connectivity index (χ1n) is 6.62. The van der Waals surface area contributed by atoms with E-state index in [-0.39, 0.29) is 12.0 Å². The maximum Gasteiger partial charge on any atom is 0.407 e. The van der Waals surface area contributed by atoms with Crippen LogP contribution in [0.1, 0.15) is 39.5 Å². The lowest BCUT2D eigenvalue weighted by molar-refractivity contribution is -0.143. The summed E-state index contributed by atoms with van der Waals surface area (Å²) in [7, 11) is 0. The Hall–Kier alpha value is -1.26. The van der Waals surface area contributed by atoms with Gasteiger partial charge in [0.25, 0.3) is 0 Å². The highest BCUT2D eigenvalue weighted by Crippen LogP contribution is 2.28. The van der Waals surface area contributed by atoms with Gasteiger partial charge in [0.1, 0.15) is 0 Å². The number of hydrogen-bond donors (Lipinski definition) is 2. The Kier molecular flexibility index (Phi) is 5.95. The molecule has 0 aromatic carbocycles. The van der Waals surface area contributed by atoms with Gasteiger partial charge >= 0.3 is 12.1 Å². The summed E-state index contributed by atoms with van der Waals surface area (Å²) >= 11 is 0. The van der Waals surface area contributed by atoms with E-state index in [0.717, 1.165) is 12.8 Å². The van der Waals surface area contributed by atoms with Gasteiger partial charge in [-0.2, -0.15) is 0 Å². The second-order valence-corrected chi connectivity index (χ2v) is 5.43. The van der Waals surface area contributed by atoms with Gasteiger partial charge in [0, 0.05) is 6.54 Å². The molecule has 18 heavy (non-hydrogen) atoms. The fourth-order valence-corrected chi connectivity index (χ4v) is 2.13. The second-order valence-electron chi connectivity index (χ2n) is 5.43. The molecule has 5 heteroatoms. The highest BCUT2D eigenvalue weighted by atomic mass is 16.5. The van der Waals surface area contributed by atoms with Crippen molar-refractivity contribution < 1.29 is 19.4 Å². The summed E-state index contributed by atoms with van der Waals surface area (Å²) in [6, 6.07) is 0. The van der Waals surface area contributed by atoms with Crippen LogP contribution in [0.5, 0.6) is 0 Å². The lowest BCUT2D eigenvalue weighted by Crippen LogP contribution is -2.33. The zero-order valence-corrected chi connectivity index (χ0v) is 11.1. The van der Waals surface area contributed by atoms with Crippen molar-refractivity contribution in [3.05, 3.63) is 0 Å². The van der Waals surface area contributed by atoms with Gasteiger partial charge < -0.3 is 15.2 Å². The number of carboxylic acid groups (broad SMARTS) is 1. The molecule has 0 bridgehead atoms. The van der Waals surface area contributed by atoms with Crippen LogP contribution in [0.4, 0.5) is 4.79 Å². The largest absolute Gasteiger partial charge is 0.481 e. The van der Waals surface area contributed by atoms with Gasteiger partial charge in [-0.15, -0.1) is 0 Å². The average Bonchev–Trinajstić information content (AvgIpc) is 2.34. The monoisotopic (exact) mass is 257 g/mol. The van der Waals surface area contributed by atoms with E-state index in [1.165, 1.54) is 0 Å². The van der Waals surface area contributed by atoms with E-state index in [4.69, 9.17) is 9.84 Å². The number of hydrogen-bond acceptors (Lipinski definition) is 3. The molecule has 2 N–H and O–H groups in total. The maximum atomic E-state index is 11.3. The van der Waals surface area contributed by atoms with E-state index in [0.29, 0.717) is 37.8 Å². The van der Waals surface area contributed by atoms with Gasteiger partial charge in [0.05, 0.1) is 12.5 Å². The molecule has 1 fully saturated rings. The van der Waals surface area contributed by atoms with Crippen molar-refractivity contribution in [3.63, 3.8) is 0 Å². The first-order valence-corrected chi connectivity index (χ1v) is 6.62. The first-order chi connectivity index (χ1) is 8.49.